The highest BCUT2D eigenvalue weighted by Gasteiger charge is 2.26. The fraction of sp³-hybridized carbons (Fsp3) is 0.417. The van der Waals surface area contributed by atoms with Crippen molar-refractivity contribution in [2.45, 2.75) is 46.2 Å². The maximum Gasteiger partial charge on any atom is 0.242 e. The van der Waals surface area contributed by atoms with Crippen molar-refractivity contribution in [2.75, 3.05) is 13.3 Å². The van der Waals surface area contributed by atoms with Crippen LogP contribution in [0.2, 0.25) is 5.02 Å². The first-order valence-corrected chi connectivity index (χ1v) is 10.9. The second kappa shape index (κ2) is 10.5. The molecule has 0 radical (unpaired) electrons. The average molecular weight is 445 g/mol. The molecular weight excluding hydrogens is 416 g/mol. The van der Waals surface area contributed by atoms with Gasteiger partial charge in [0.25, 0.3) is 0 Å². The molecule has 31 heavy (non-hydrogen) atoms. The largest absolute Gasteiger partial charge is 0.454 e. The van der Waals surface area contributed by atoms with Crippen molar-refractivity contribution in [3.63, 3.8) is 0 Å². The number of fused-ring (bicyclic) bond motifs is 1. The first-order chi connectivity index (χ1) is 14.8. The highest BCUT2D eigenvalue weighted by atomic mass is 35.5. The lowest BCUT2D eigenvalue weighted by Gasteiger charge is -2.29. The maximum atomic E-state index is 13.2. The van der Waals surface area contributed by atoms with E-state index in [-0.39, 0.29) is 25.0 Å². The van der Waals surface area contributed by atoms with Gasteiger partial charge in [-0.1, -0.05) is 43.6 Å². The molecule has 2 aromatic carbocycles. The summed E-state index contributed by atoms with van der Waals surface area (Å²) >= 11 is 6.12. The number of hydrogen-bond acceptors (Lipinski definition) is 4. The van der Waals surface area contributed by atoms with Gasteiger partial charge in [0, 0.05) is 24.5 Å². The smallest absolute Gasteiger partial charge is 0.242 e. The first kappa shape index (κ1) is 22.9. The Labute approximate surface area is 188 Å². The van der Waals surface area contributed by atoms with Crippen LogP contribution in [0.5, 0.6) is 11.5 Å². The topological polar surface area (TPSA) is 67.9 Å². The molecule has 1 N–H and O–H groups in total. The fourth-order valence-corrected chi connectivity index (χ4v) is 3.57. The third-order valence-corrected chi connectivity index (χ3v) is 5.39. The summed E-state index contributed by atoms with van der Waals surface area (Å²) in [5.41, 5.74) is 1.87. The van der Waals surface area contributed by atoms with E-state index >= 15 is 0 Å². The molecular formula is C24H29ClN2O4. The van der Waals surface area contributed by atoms with Crippen LogP contribution in [-0.4, -0.2) is 36.1 Å². The van der Waals surface area contributed by atoms with Crippen LogP contribution in [0.3, 0.4) is 0 Å². The molecule has 1 aliphatic rings. The van der Waals surface area contributed by atoms with E-state index in [1.54, 1.807) is 17.9 Å². The zero-order chi connectivity index (χ0) is 22.4. The Morgan fingerprint density at radius 3 is 2.58 bits per heavy atom. The standard InChI is InChI=1S/C24H29ClN2O4/c1-16(2)13-26-24(29)17(3)27(14-19-5-4-6-20(25)11-19)23(28)10-8-18-7-9-21-22(12-18)31-15-30-21/h4-7,9,11-12,16-17H,8,10,13-15H2,1-3H3,(H,26,29). The first-order valence-electron chi connectivity index (χ1n) is 10.5. The van der Waals surface area contributed by atoms with Crippen LogP contribution in [0, 0.1) is 5.92 Å². The molecule has 0 aliphatic carbocycles. The van der Waals surface area contributed by atoms with Crippen molar-refractivity contribution in [3.05, 3.63) is 58.6 Å². The Morgan fingerprint density at radius 1 is 1.06 bits per heavy atom. The summed E-state index contributed by atoms with van der Waals surface area (Å²) in [6, 6.07) is 12.4. The van der Waals surface area contributed by atoms with Crippen molar-refractivity contribution < 1.29 is 19.1 Å². The van der Waals surface area contributed by atoms with Crippen molar-refractivity contribution >= 4 is 23.4 Å². The minimum atomic E-state index is -0.595. The van der Waals surface area contributed by atoms with Crippen LogP contribution in [0.1, 0.15) is 38.3 Å². The third-order valence-electron chi connectivity index (χ3n) is 5.16. The van der Waals surface area contributed by atoms with Gasteiger partial charge in [-0.05, 0) is 54.7 Å². The van der Waals surface area contributed by atoms with E-state index in [1.807, 2.05) is 50.2 Å². The van der Waals surface area contributed by atoms with E-state index in [0.717, 1.165) is 11.1 Å². The van der Waals surface area contributed by atoms with Gasteiger partial charge >= 0.3 is 0 Å². The van der Waals surface area contributed by atoms with Gasteiger partial charge in [0.05, 0.1) is 0 Å². The van der Waals surface area contributed by atoms with Gasteiger partial charge < -0.3 is 19.7 Å². The van der Waals surface area contributed by atoms with E-state index in [0.29, 0.717) is 41.9 Å². The number of halogens is 1. The van der Waals surface area contributed by atoms with E-state index in [9.17, 15) is 9.59 Å². The maximum absolute atomic E-state index is 13.2. The minimum Gasteiger partial charge on any atom is -0.454 e. The number of nitrogens with zero attached hydrogens (tertiary/aromatic N) is 1. The van der Waals surface area contributed by atoms with Crippen molar-refractivity contribution in [3.8, 4) is 11.5 Å². The molecule has 2 amide bonds. The lowest BCUT2D eigenvalue weighted by molar-refractivity contribution is -0.140. The number of ether oxygens (including phenoxy) is 2. The molecule has 0 fully saturated rings. The van der Waals surface area contributed by atoms with Gasteiger partial charge in [-0.15, -0.1) is 0 Å². The SMILES string of the molecule is CC(C)CNC(=O)C(C)N(Cc1cccc(Cl)c1)C(=O)CCc1ccc2c(c1)OCO2. The Hall–Kier alpha value is -2.73. The molecule has 6 nitrogen and oxygen atoms in total. The highest BCUT2D eigenvalue weighted by Crippen LogP contribution is 2.32. The quantitative estimate of drug-likeness (QED) is 0.629. The molecule has 3 rings (SSSR count). The molecule has 0 saturated carbocycles. The predicted octanol–water partition coefficient (Wildman–Crippen LogP) is 4.19. The zero-order valence-electron chi connectivity index (χ0n) is 18.2. The van der Waals surface area contributed by atoms with Crippen LogP contribution in [0.25, 0.3) is 0 Å². The lowest BCUT2D eigenvalue weighted by Crippen LogP contribution is -2.48. The van der Waals surface area contributed by atoms with Gasteiger partial charge in [0.1, 0.15) is 6.04 Å². The van der Waals surface area contributed by atoms with Gasteiger partial charge in [-0.2, -0.15) is 0 Å². The van der Waals surface area contributed by atoms with Crippen LogP contribution in [0.4, 0.5) is 0 Å². The monoisotopic (exact) mass is 444 g/mol. The third kappa shape index (κ3) is 6.37. The number of amides is 2. The molecule has 0 saturated heterocycles. The molecule has 1 heterocycles. The number of nitrogens with one attached hydrogen (secondary N) is 1. The number of carbonyl (C=O) groups is 2. The number of hydrogen-bond donors (Lipinski definition) is 1. The van der Waals surface area contributed by atoms with E-state index in [2.05, 4.69) is 5.32 Å². The van der Waals surface area contributed by atoms with Crippen LogP contribution < -0.4 is 14.8 Å². The second-order valence-corrected chi connectivity index (χ2v) is 8.59. The molecule has 2 aromatic rings. The van der Waals surface area contributed by atoms with Gasteiger partial charge in [-0.25, -0.2) is 0 Å². The van der Waals surface area contributed by atoms with Gasteiger partial charge in [0.15, 0.2) is 11.5 Å². The van der Waals surface area contributed by atoms with E-state index in [4.69, 9.17) is 21.1 Å². The summed E-state index contributed by atoms with van der Waals surface area (Å²) in [5.74, 6) is 1.49. The normalized spacial score (nSPS) is 13.2. The summed E-state index contributed by atoms with van der Waals surface area (Å²) in [5, 5.41) is 3.53. The summed E-state index contributed by atoms with van der Waals surface area (Å²) in [6.07, 6.45) is 0.823. The highest BCUT2D eigenvalue weighted by molar-refractivity contribution is 6.30. The summed E-state index contributed by atoms with van der Waals surface area (Å²) in [4.78, 5) is 27.5. The molecule has 0 aromatic heterocycles. The number of aryl methyl sites for hydroxylation is 1. The van der Waals surface area contributed by atoms with E-state index < -0.39 is 6.04 Å². The summed E-state index contributed by atoms with van der Waals surface area (Å²) in [6.45, 7) is 6.93. The summed E-state index contributed by atoms with van der Waals surface area (Å²) in [7, 11) is 0. The van der Waals surface area contributed by atoms with Crippen LogP contribution in [0.15, 0.2) is 42.5 Å². The number of rotatable bonds is 9. The van der Waals surface area contributed by atoms with Gasteiger partial charge in [-0.3, -0.25) is 9.59 Å². The molecule has 1 aliphatic heterocycles. The average Bonchev–Trinajstić information content (AvgIpc) is 3.21. The molecule has 0 bridgehead atoms. The van der Waals surface area contributed by atoms with Crippen LogP contribution >= 0.6 is 11.6 Å². The molecule has 1 unspecified atom stereocenters. The van der Waals surface area contributed by atoms with Gasteiger partial charge in [0.2, 0.25) is 18.6 Å². The van der Waals surface area contributed by atoms with E-state index in [1.165, 1.54) is 0 Å². The molecule has 0 spiro atoms. The van der Waals surface area contributed by atoms with Crippen molar-refractivity contribution in [1.29, 1.82) is 0 Å². The Kier molecular flexibility index (Phi) is 7.80. The predicted molar refractivity (Wildman–Crippen MR) is 120 cm³/mol. The lowest BCUT2D eigenvalue weighted by atomic mass is 10.1. The number of carbonyl (C=O) groups excluding carboxylic acids is 2. The van der Waals surface area contributed by atoms with Crippen molar-refractivity contribution in [2.24, 2.45) is 5.92 Å². The molecule has 166 valence electrons. The van der Waals surface area contributed by atoms with Crippen molar-refractivity contribution in [1.82, 2.24) is 10.2 Å². The fourth-order valence-electron chi connectivity index (χ4n) is 3.36. The Balaban J connectivity index is 1.70. The van der Waals surface area contributed by atoms with Crippen LogP contribution in [-0.2, 0) is 22.6 Å². The number of benzene rings is 2. The summed E-state index contributed by atoms with van der Waals surface area (Å²) < 4.78 is 10.8. The zero-order valence-corrected chi connectivity index (χ0v) is 18.9. The second-order valence-electron chi connectivity index (χ2n) is 8.15. The molecule has 7 heteroatoms. The Bertz CT molecular complexity index is 932. The molecule has 1 atom stereocenters. The Morgan fingerprint density at radius 2 is 1.84 bits per heavy atom. The minimum absolute atomic E-state index is 0.0927.